The molecular formula is C12H18BrNO. The minimum absolute atomic E-state index is 0.778. The summed E-state index contributed by atoms with van der Waals surface area (Å²) < 4.78 is 6.42. The van der Waals surface area contributed by atoms with Crippen LogP contribution in [0.5, 0.6) is 0 Å². The van der Waals surface area contributed by atoms with Gasteiger partial charge in [0.15, 0.2) is 0 Å². The smallest absolute Gasteiger partial charge is 0.0590 e. The Hall–Kier alpha value is -0.380. The zero-order chi connectivity index (χ0) is 11.1. The standard InChI is InChI=1S/C12H18BrNO/c1-3-15-7-6-14-9-11-5-4-10(2)8-12(11)13/h4-5,8,14H,3,6-7,9H2,1-2H3. The van der Waals surface area contributed by atoms with Gasteiger partial charge in [-0.1, -0.05) is 28.1 Å². The van der Waals surface area contributed by atoms with Crippen molar-refractivity contribution in [2.45, 2.75) is 20.4 Å². The van der Waals surface area contributed by atoms with E-state index in [0.717, 1.165) is 26.3 Å². The van der Waals surface area contributed by atoms with Crippen molar-refractivity contribution in [2.24, 2.45) is 0 Å². The van der Waals surface area contributed by atoms with Gasteiger partial charge in [-0.15, -0.1) is 0 Å². The number of hydrogen-bond acceptors (Lipinski definition) is 2. The van der Waals surface area contributed by atoms with E-state index >= 15 is 0 Å². The normalized spacial score (nSPS) is 10.6. The van der Waals surface area contributed by atoms with E-state index in [1.165, 1.54) is 15.6 Å². The molecule has 0 amide bonds. The van der Waals surface area contributed by atoms with Crippen molar-refractivity contribution in [1.82, 2.24) is 5.32 Å². The van der Waals surface area contributed by atoms with Crippen LogP contribution < -0.4 is 5.32 Å². The first-order valence-electron chi connectivity index (χ1n) is 5.27. The lowest BCUT2D eigenvalue weighted by molar-refractivity contribution is 0.149. The average Bonchev–Trinajstić information content (AvgIpc) is 2.20. The van der Waals surface area contributed by atoms with Gasteiger partial charge in [0.05, 0.1) is 6.61 Å². The summed E-state index contributed by atoms with van der Waals surface area (Å²) >= 11 is 3.56. The largest absolute Gasteiger partial charge is 0.380 e. The molecule has 0 unspecified atom stereocenters. The molecule has 0 aromatic heterocycles. The third-order valence-electron chi connectivity index (χ3n) is 2.15. The van der Waals surface area contributed by atoms with E-state index in [9.17, 15) is 0 Å². The molecule has 0 heterocycles. The Balaban J connectivity index is 2.31. The number of halogens is 1. The highest BCUT2D eigenvalue weighted by atomic mass is 79.9. The summed E-state index contributed by atoms with van der Waals surface area (Å²) in [6.07, 6.45) is 0. The molecule has 1 rings (SSSR count). The van der Waals surface area contributed by atoms with Crippen LogP contribution in [0.25, 0.3) is 0 Å². The zero-order valence-corrected chi connectivity index (χ0v) is 10.9. The minimum Gasteiger partial charge on any atom is -0.380 e. The lowest BCUT2D eigenvalue weighted by atomic mass is 10.1. The van der Waals surface area contributed by atoms with Crippen LogP contribution in [0.2, 0.25) is 0 Å². The van der Waals surface area contributed by atoms with Crippen molar-refractivity contribution in [2.75, 3.05) is 19.8 Å². The molecule has 15 heavy (non-hydrogen) atoms. The van der Waals surface area contributed by atoms with Gasteiger partial charge in [-0.2, -0.15) is 0 Å². The predicted octanol–water partition coefficient (Wildman–Crippen LogP) is 2.88. The highest BCUT2D eigenvalue weighted by Crippen LogP contribution is 2.17. The summed E-state index contributed by atoms with van der Waals surface area (Å²) in [7, 11) is 0. The second-order valence-electron chi connectivity index (χ2n) is 3.47. The van der Waals surface area contributed by atoms with Crippen LogP contribution in [0.1, 0.15) is 18.1 Å². The van der Waals surface area contributed by atoms with Crippen LogP contribution in [-0.4, -0.2) is 19.8 Å². The highest BCUT2D eigenvalue weighted by Gasteiger charge is 1.98. The lowest BCUT2D eigenvalue weighted by Crippen LogP contribution is -2.19. The molecule has 0 fully saturated rings. The Labute approximate surface area is 100 Å². The molecule has 0 saturated heterocycles. The second kappa shape index (κ2) is 6.99. The molecule has 0 spiro atoms. The molecule has 2 nitrogen and oxygen atoms in total. The average molecular weight is 272 g/mol. The first-order valence-corrected chi connectivity index (χ1v) is 6.07. The summed E-state index contributed by atoms with van der Waals surface area (Å²) in [6.45, 7) is 7.45. The van der Waals surface area contributed by atoms with Gasteiger partial charge in [0, 0.05) is 24.2 Å². The summed E-state index contributed by atoms with van der Waals surface area (Å²) in [5, 5.41) is 3.34. The first-order chi connectivity index (χ1) is 7.24. The van der Waals surface area contributed by atoms with Gasteiger partial charge < -0.3 is 10.1 Å². The van der Waals surface area contributed by atoms with Crippen molar-refractivity contribution in [3.05, 3.63) is 33.8 Å². The van der Waals surface area contributed by atoms with Crippen molar-refractivity contribution >= 4 is 15.9 Å². The molecule has 0 saturated carbocycles. The van der Waals surface area contributed by atoms with Crippen molar-refractivity contribution in [3.63, 3.8) is 0 Å². The number of nitrogens with one attached hydrogen (secondary N) is 1. The Morgan fingerprint density at radius 2 is 2.20 bits per heavy atom. The molecule has 1 aromatic rings. The topological polar surface area (TPSA) is 21.3 Å². The molecule has 0 aliphatic carbocycles. The van der Waals surface area contributed by atoms with Gasteiger partial charge in [-0.05, 0) is 31.0 Å². The fourth-order valence-corrected chi connectivity index (χ4v) is 1.94. The monoisotopic (exact) mass is 271 g/mol. The van der Waals surface area contributed by atoms with E-state index in [1.54, 1.807) is 0 Å². The fourth-order valence-electron chi connectivity index (χ4n) is 1.31. The molecule has 1 N–H and O–H groups in total. The molecule has 0 bridgehead atoms. The minimum atomic E-state index is 0.778. The fraction of sp³-hybridized carbons (Fsp3) is 0.500. The van der Waals surface area contributed by atoms with Crippen molar-refractivity contribution < 1.29 is 4.74 Å². The van der Waals surface area contributed by atoms with E-state index in [1.807, 2.05) is 6.92 Å². The molecule has 84 valence electrons. The van der Waals surface area contributed by atoms with E-state index in [0.29, 0.717) is 0 Å². The molecule has 1 aromatic carbocycles. The van der Waals surface area contributed by atoms with Crippen molar-refractivity contribution in [1.29, 1.82) is 0 Å². The molecule has 3 heteroatoms. The van der Waals surface area contributed by atoms with Crippen LogP contribution in [0.15, 0.2) is 22.7 Å². The number of ether oxygens (including phenoxy) is 1. The van der Waals surface area contributed by atoms with E-state index in [4.69, 9.17) is 4.74 Å². The third-order valence-corrected chi connectivity index (χ3v) is 2.89. The van der Waals surface area contributed by atoms with Crippen LogP contribution in [-0.2, 0) is 11.3 Å². The van der Waals surface area contributed by atoms with Gasteiger partial charge in [0.2, 0.25) is 0 Å². The highest BCUT2D eigenvalue weighted by molar-refractivity contribution is 9.10. The zero-order valence-electron chi connectivity index (χ0n) is 9.35. The SMILES string of the molecule is CCOCCNCc1ccc(C)cc1Br. The molecule has 0 aliphatic rings. The van der Waals surface area contributed by atoms with Crippen LogP contribution >= 0.6 is 15.9 Å². The van der Waals surface area contributed by atoms with Gasteiger partial charge >= 0.3 is 0 Å². The quantitative estimate of drug-likeness (QED) is 0.804. The summed E-state index contributed by atoms with van der Waals surface area (Å²) in [4.78, 5) is 0. The number of hydrogen-bond donors (Lipinski definition) is 1. The van der Waals surface area contributed by atoms with E-state index in [-0.39, 0.29) is 0 Å². The Morgan fingerprint density at radius 1 is 1.40 bits per heavy atom. The summed E-state index contributed by atoms with van der Waals surface area (Å²) in [5.74, 6) is 0. The summed E-state index contributed by atoms with van der Waals surface area (Å²) in [5.41, 5.74) is 2.57. The Kier molecular flexibility index (Phi) is 5.91. The van der Waals surface area contributed by atoms with E-state index < -0.39 is 0 Å². The maximum absolute atomic E-state index is 5.25. The maximum atomic E-state index is 5.25. The molecular weight excluding hydrogens is 254 g/mol. The second-order valence-corrected chi connectivity index (χ2v) is 4.32. The van der Waals surface area contributed by atoms with Crippen LogP contribution in [0.4, 0.5) is 0 Å². The van der Waals surface area contributed by atoms with E-state index in [2.05, 4.69) is 46.4 Å². The van der Waals surface area contributed by atoms with Gasteiger partial charge in [-0.25, -0.2) is 0 Å². The first kappa shape index (κ1) is 12.7. The number of benzene rings is 1. The Morgan fingerprint density at radius 3 is 2.87 bits per heavy atom. The molecule has 0 atom stereocenters. The predicted molar refractivity (Wildman–Crippen MR) is 67.1 cm³/mol. The van der Waals surface area contributed by atoms with Gasteiger partial charge in [0.1, 0.15) is 0 Å². The Bertz CT molecular complexity index is 302. The number of aryl methyl sites for hydroxylation is 1. The van der Waals surface area contributed by atoms with Crippen LogP contribution in [0, 0.1) is 6.92 Å². The molecule has 0 radical (unpaired) electrons. The summed E-state index contributed by atoms with van der Waals surface area (Å²) in [6, 6.07) is 6.41. The van der Waals surface area contributed by atoms with Gasteiger partial charge in [0.25, 0.3) is 0 Å². The maximum Gasteiger partial charge on any atom is 0.0590 e. The molecule has 0 aliphatic heterocycles. The van der Waals surface area contributed by atoms with Crippen molar-refractivity contribution in [3.8, 4) is 0 Å². The van der Waals surface area contributed by atoms with Crippen LogP contribution in [0.3, 0.4) is 0 Å². The lowest BCUT2D eigenvalue weighted by Gasteiger charge is -2.07. The third kappa shape index (κ3) is 4.78. The number of rotatable bonds is 6. The van der Waals surface area contributed by atoms with Gasteiger partial charge in [-0.3, -0.25) is 0 Å².